The van der Waals surface area contributed by atoms with Crippen molar-refractivity contribution in [3.05, 3.63) is 11.6 Å². The van der Waals surface area contributed by atoms with E-state index in [1.807, 2.05) is 11.5 Å². The predicted octanol–water partition coefficient (Wildman–Crippen LogP) is 1.22. The van der Waals surface area contributed by atoms with Gasteiger partial charge in [0.05, 0.1) is 0 Å². The van der Waals surface area contributed by atoms with Crippen LogP contribution < -0.4 is 0 Å². The van der Waals surface area contributed by atoms with Crippen molar-refractivity contribution in [2.24, 2.45) is 0 Å². The number of hydrogen-bond acceptors (Lipinski definition) is 3. The van der Waals surface area contributed by atoms with E-state index in [2.05, 4.69) is 10.2 Å². The summed E-state index contributed by atoms with van der Waals surface area (Å²) in [6.45, 7) is 2.86. The molecular formula is C9H14ClN3O2. The molecule has 1 aliphatic rings. The number of fused-ring (bicyclic) bond motifs is 1. The summed E-state index contributed by atoms with van der Waals surface area (Å²) in [5, 5.41) is 16.9. The predicted molar refractivity (Wildman–Crippen MR) is 56.3 cm³/mol. The molecule has 1 aromatic heterocycles. The zero-order valence-corrected chi connectivity index (χ0v) is 9.33. The van der Waals surface area contributed by atoms with Gasteiger partial charge in [0, 0.05) is 13.0 Å². The lowest BCUT2D eigenvalue weighted by Crippen LogP contribution is -2.23. The van der Waals surface area contributed by atoms with Gasteiger partial charge in [0.15, 0.2) is 0 Å². The molecule has 0 amide bonds. The average molecular weight is 232 g/mol. The second-order valence-corrected chi connectivity index (χ2v) is 3.51. The first-order valence-corrected chi connectivity index (χ1v) is 4.88. The molecule has 0 aliphatic carbocycles. The van der Waals surface area contributed by atoms with Crippen LogP contribution in [-0.2, 0) is 17.8 Å². The van der Waals surface area contributed by atoms with Crippen LogP contribution in [0.1, 0.15) is 37.3 Å². The molecule has 0 fully saturated rings. The van der Waals surface area contributed by atoms with E-state index in [1.165, 1.54) is 0 Å². The molecule has 0 radical (unpaired) electrons. The van der Waals surface area contributed by atoms with Gasteiger partial charge in [0.2, 0.25) is 0 Å². The third-order valence-electron chi connectivity index (χ3n) is 2.66. The van der Waals surface area contributed by atoms with Crippen molar-refractivity contribution >= 4 is 18.4 Å². The molecule has 0 saturated heterocycles. The number of carbonyl (C=O) groups is 1. The lowest BCUT2D eigenvalue weighted by molar-refractivity contribution is -0.139. The van der Waals surface area contributed by atoms with Gasteiger partial charge >= 0.3 is 5.97 Å². The van der Waals surface area contributed by atoms with Gasteiger partial charge in [-0.3, -0.25) is 4.79 Å². The molecule has 1 unspecified atom stereocenters. The van der Waals surface area contributed by atoms with Gasteiger partial charge in [0.1, 0.15) is 17.6 Å². The molecule has 2 heterocycles. The molecule has 15 heavy (non-hydrogen) atoms. The van der Waals surface area contributed by atoms with Gasteiger partial charge in [-0.2, -0.15) is 0 Å². The molecule has 0 spiro atoms. The number of carboxylic acids is 1. The third-order valence-corrected chi connectivity index (χ3v) is 2.66. The Hall–Kier alpha value is -1.10. The molecule has 84 valence electrons. The molecule has 0 aromatic carbocycles. The van der Waals surface area contributed by atoms with Crippen LogP contribution in [-0.4, -0.2) is 25.8 Å². The highest BCUT2D eigenvalue weighted by atomic mass is 35.5. The van der Waals surface area contributed by atoms with Crippen LogP contribution >= 0.6 is 12.4 Å². The average Bonchev–Trinajstić information content (AvgIpc) is 2.59. The van der Waals surface area contributed by atoms with Gasteiger partial charge in [-0.1, -0.05) is 6.92 Å². The Bertz CT molecular complexity index is 364. The molecule has 0 bridgehead atoms. The Kier molecular flexibility index (Phi) is 3.68. The van der Waals surface area contributed by atoms with E-state index < -0.39 is 11.9 Å². The van der Waals surface area contributed by atoms with Gasteiger partial charge in [0.25, 0.3) is 0 Å². The first kappa shape index (κ1) is 12.0. The summed E-state index contributed by atoms with van der Waals surface area (Å²) >= 11 is 0. The maximum Gasteiger partial charge on any atom is 0.314 e. The summed E-state index contributed by atoms with van der Waals surface area (Å²) in [6, 6.07) is 0. The topological polar surface area (TPSA) is 68.0 Å². The second-order valence-electron chi connectivity index (χ2n) is 3.51. The summed E-state index contributed by atoms with van der Waals surface area (Å²) in [6.07, 6.45) is 2.38. The molecule has 0 saturated carbocycles. The van der Waals surface area contributed by atoms with Crippen LogP contribution in [0.5, 0.6) is 0 Å². The van der Waals surface area contributed by atoms with E-state index in [4.69, 9.17) is 5.11 Å². The molecule has 1 aromatic rings. The van der Waals surface area contributed by atoms with Gasteiger partial charge < -0.3 is 9.67 Å². The van der Waals surface area contributed by atoms with Crippen LogP contribution in [0.2, 0.25) is 0 Å². The first-order valence-electron chi connectivity index (χ1n) is 4.88. The number of carboxylic acid groups (broad SMARTS) is 1. The summed E-state index contributed by atoms with van der Waals surface area (Å²) in [5.74, 6) is 0.268. The fourth-order valence-electron chi connectivity index (χ4n) is 1.93. The number of aromatic nitrogens is 3. The Morgan fingerprint density at radius 1 is 1.60 bits per heavy atom. The molecule has 1 aliphatic heterocycles. The lowest BCUT2D eigenvalue weighted by Gasteiger charge is -2.20. The summed E-state index contributed by atoms with van der Waals surface area (Å²) in [7, 11) is 0. The van der Waals surface area contributed by atoms with Crippen LogP contribution in [0.3, 0.4) is 0 Å². The molecule has 6 heteroatoms. The Balaban J connectivity index is 0.00000112. The van der Waals surface area contributed by atoms with Crippen molar-refractivity contribution in [1.29, 1.82) is 0 Å². The van der Waals surface area contributed by atoms with Crippen LogP contribution in [0.25, 0.3) is 0 Å². The fraction of sp³-hybridized carbons (Fsp3) is 0.667. The van der Waals surface area contributed by atoms with Crippen molar-refractivity contribution < 1.29 is 9.90 Å². The van der Waals surface area contributed by atoms with Crippen LogP contribution in [0.15, 0.2) is 0 Å². The van der Waals surface area contributed by atoms with Crippen molar-refractivity contribution in [1.82, 2.24) is 14.8 Å². The van der Waals surface area contributed by atoms with Crippen molar-refractivity contribution in [2.45, 2.75) is 38.6 Å². The van der Waals surface area contributed by atoms with E-state index in [0.717, 1.165) is 25.2 Å². The van der Waals surface area contributed by atoms with Crippen LogP contribution in [0, 0.1) is 0 Å². The van der Waals surface area contributed by atoms with Crippen molar-refractivity contribution in [3.63, 3.8) is 0 Å². The Labute approximate surface area is 93.9 Å². The third kappa shape index (κ3) is 1.97. The van der Waals surface area contributed by atoms with E-state index in [-0.39, 0.29) is 12.4 Å². The SMILES string of the molecule is CCc1nnc2n1CCCC2C(=O)O.Cl. The number of aryl methyl sites for hydroxylation is 1. The van der Waals surface area contributed by atoms with E-state index in [0.29, 0.717) is 12.2 Å². The minimum absolute atomic E-state index is 0. The number of aliphatic carboxylic acids is 1. The maximum atomic E-state index is 10.9. The molecule has 1 atom stereocenters. The summed E-state index contributed by atoms with van der Waals surface area (Å²) < 4.78 is 1.95. The fourth-order valence-corrected chi connectivity index (χ4v) is 1.93. The Morgan fingerprint density at radius 2 is 2.33 bits per heavy atom. The lowest BCUT2D eigenvalue weighted by atomic mass is 9.99. The highest BCUT2D eigenvalue weighted by Crippen LogP contribution is 2.26. The number of halogens is 1. The van der Waals surface area contributed by atoms with Crippen molar-refractivity contribution in [3.8, 4) is 0 Å². The van der Waals surface area contributed by atoms with Gasteiger partial charge in [-0.05, 0) is 12.8 Å². The smallest absolute Gasteiger partial charge is 0.314 e. The van der Waals surface area contributed by atoms with Gasteiger partial charge in [-0.15, -0.1) is 22.6 Å². The number of rotatable bonds is 2. The quantitative estimate of drug-likeness (QED) is 0.831. The van der Waals surface area contributed by atoms with Crippen LogP contribution in [0.4, 0.5) is 0 Å². The largest absolute Gasteiger partial charge is 0.481 e. The molecule has 2 rings (SSSR count). The number of nitrogens with zero attached hydrogens (tertiary/aromatic N) is 3. The minimum Gasteiger partial charge on any atom is -0.481 e. The monoisotopic (exact) mass is 231 g/mol. The Morgan fingerprint density at radius 3 is 2.93 bits per heavy atom. The van der Waals surface area contributed by atoms with E-state index in [1.54, 1.807) is 0 Å². The highest BCUT2D eigenvalue weighted by Gasteiger charge is 2.29. The molecular weight excluding hydrogens is 218 g/mol. The standard InChI is InChI=1S/C9H13N3O2.ClH/c1-2-7-10-11-8-6(9(13)14)4-3-5-12(7)8;/h6H,2-5H2,1H3,(H,13,14);1H. The summed E-state index contributed by atoms with van der Waals surface area (Å²) in [5.41, 5.74) is 0. The molecule has 1 N–H and O–H groups in total. The number of hydrogen-bond donors (Lipinski definition) is 1. The van der Waals surface area contributed by atoms with E-state index >= 15 is 0 Å². The second kappa shape index (κ2) is 4.61. The van der Waals surface area contributed by atoms with E-state index in [9.17, 15) is 4.79 Å². The van der Waals surface area contributed by atoms with Gasteiger partial charge in [-0.25, -0.2) is 0 Å². The first-order chi connectivity index (χ1) is 6.74. The zero-order chi connectivity index (χ0) is 10.1. The minimum atomic E-state index is -0.791. The maximum absolute atomic E-state index is 10.9. The van der Waals surface area contributed by atoms with Crippen molar-refractivity contribution in [2.75, 3.05) is 0 Å². The summed E-state index contributed by atoms with van der Waals surface area (Å²) in [4.78, 5) is 10.9. The highest BCUT2D eigenvalue weighted by molar-refractivity contribution is 5.85. The molecule has 5 nitrogen and oxygen atoms in total. The normalized spacial score (nSPS) is 19.1. The zero-order valence-electron chi connectivity index (χ0n) is 8.51.